The molecule has 4 N–H and O–H groups in total. The number of hydrogen-bond donors (Lipinski definition) is 3. The minimum atomic E-state index is 0.555. The van der Waals surface area contributed by atoms with Crippen molar-refractivity contribution in [2.75, 3.05) is 0 Å². The summed E-state index contributed by atoms with van der Waals surface area (Å²) in [4.78, 5) is 4.46. The zero-order chi connectivity index (χ0) is 13.9. The van der Waals surface area contributed by atoms with Crippen LogP contribution in [0.5, 0.6) is 0 Å². The molecule has 5 heteroatoms. The summed E-state index contributed by atoms with van der Waals surface area (Å²) in [6, 6.07) is 15.6. The maximum Gasteiger partial charge on any atom is 0.156 e. The van der Waals surface area contributed by atoms with Gasteiger partial charge in [0.05, 0.1) is 11.1 Å². The monoisotopic (exact) mass is 284 g/mol. The summed E-state index contributed by atoms with van der Waals surface area (Å²) in [5, 5.41) is 5.65. The Bertz CT molecular complexity index is 781. The zero-order valence-electron chi connectivity index (χ0n) is 10.6. The van der Waals surface area contributed by atoms with Crippen molar-refractivity contribution in [2.24, 2.45) is 10.8 Å². The van der Waals surface area contributed by atoms with E-state index in [9.17, 15) is 0 Å². The third kappa shape index (κ3) is 2.39. The fourth-order valence-corrected chi connectivity index (χ4v) is 2.28. The molecule has 0 aliphatic carbocycles. The first-order chi connectivity index (χ1) is 9.78. The summed E-state index contributed by atoms with van der Waals surface area (Å²) < 4.78 is 0. The Morgan fingerprint density at radius 1 is 1.10 bits per heavy atom. The molecule has 0 saturated heterocycles. The summed E-state index contributed by atoms with van der Waals surface area (Å²) in [6.07, 6.45) is 1.73. The molecule has 1 aliphatic heterocycles. The second-order valence-electron chi connectivity index (χ2n) is 4.33. The fraction of sp³-hybridized carbons (Fsp3) is 0. The molecule has 2 aromatic rings. The lowest BCUT2D eigenvalue weighted by Gasteiger charge is -2.07. The number of rotatable bonds is 2. The Balaban J connectivity index is 2.33. The predicted molar refractivity (Wildman–Crippen MR) is 79.7 cm³/mol. The van der Waals surface area contributed by atoms with Crippen LogP contribution in [0.25, 0.3) is 5.70 Å². The van der Waals surface area contributed by atoms with Gasteiger partial charge in [-0.05, 0) is 23.8 Å². The second-order valence-corrected chi connectivity index (χ2v) is 4.77. The molecule has 3 rings (SSSR count). The minimum absolute atomic E-state index is 0.555. The van der Waals surface area contributed by atoms with Crippen molar-refractivity contribution >= 4 is 17.3 Å². The van der Waals surface area contributed by atoms with E-state index < -0.39 is 0 Å². The van der Waals surface area contributed by atoms with Crippen LogP contribution in [0, 0.1) is 0 Å². The van der Waals surface area contributed by atoms with Crippen molar-refractivity contribution in [3.63, 3.8) is 0 Å². The largest absolute Gasteiger partial charge is 0.357 e. The number of nitrogens with one attached hydrogen (secondary N) is 2. The average molecular weight is 285 g/mol. The lowest BCUT2D eigenvalue weighted by molar-refractivity contribution is 0.845. The number of nitrogens with zero attached hydrogens (tertiary/aromatic N) is 1. The van der Waals surface area contributed by atoms with Gasteiger partial charge in [0.25, 0.3) is 0 Å². The van der Waals surface area contributed by atoms with Gasteiger partial charge in [-0.2, -0.15) is 0 Å². The molecule has 20 heavy (non-hydrogen) atoms. The van der Waals surface area contributed by atoms with Gasteiger partial charge in [0.2, 0.25) is 0 Å². The summed E-state index contributed by atoms with van der Waals surface area (Å²) in [6.45, 7) is 0. The topological polar surface area (TPSA) is 62.4 Å². The molecule has 0 atom stereocenters. The summed E-state index contributed by atoms with van der Waals surface area (Å²) in [5.74, 6) is 6.01. The van der Waals surface area contributed by atoms with E-state index in [2.05, 4.69) is 15.7 Å². The smallest absolute Gasteiger partial charge is 0.156 e. The lowest BCUT2D eigenvalue weighted by Crippen LogP contribution is -2.30. The van der Waals surface area contributed by atoms with Crippen molar-refractivity contribution < 1.29 is 0 Å². The second kappa shape index (κ2) is 5.36. The van der Waals surface area contributed by atoms with Crippen LogP contribution < -0.4 is 27.2 Å². The summed E-state index contributed by atoms with van der Waals surface area (Å²) in [7, 11) is 0. The van der Waals surface area contributed by atoms with E-state index in [1.165, 1.54) is 0 Å². The van der Waals surface area contributed by atoms with E-state index in [-0.39, 0.29) is 0 Å². The highest BCUT2D eigenvalue weighted by Crippen LogP contribution is 2.10. The predicted octanol–water partition coefficient (Wildman–Crippen LogP) is 0.981. The molecule has 1 heterocycles. The van der Waals surface area contributed by atoms with Crippen LogP contribution in [0.3, 0.4) is 0 Å². The van der Waals surface area contributed by atoms with Crippen molar-refractivity contribution in [3.8, 4) is 0 Å². The molecule has 0 aromatic heterocycles. The number of halogens is 1. The molecule has 100 valence electrons. The van der Waals surface area contributed by atoms with E-state index in [4.69, 9.17) is 17.4 Å². The van der Waals surface area contributed by atoms with E-state index in [0.717, 1.165) is 21.8 Å². The van der Waals surface area contributed by atoms with Crippen LogP contribution in [-0.2, 0) is 0 Å². The van der Waals surface area contributed by atoms with Crippen molar-refractivity contribution in [1.82, 2.24) is 10.7 Å². The molecule has 0 fully saturated rings. The van der Waals surface area contributed by atoms with Crippen LogP contribution in [0.15, 0.2) is 65.5 Å². The number of hydrogen-bond acceptors (Lipinski definition) is 4. The number of fused-ring (bicyclic) bond motifs is 1. The molecule has 0 unspecified atom stereocenters. The van der Waals surface area contributed by atoms with E-state index in [0.29, 0.717) is 10.8 Å². The van der Waals surface area contributed by atoms with Crippen LogP contribution >= 0.6 is 11.6 Å². The van der Waals surface area contributed by atoms with Gasteiger partial charge in [-0.15, -0.1) is 0 Å². The fourth-order valence-electron chi connectivity index (χ4n) is 2.10. The standard InChI is InChI=1S/C15H13ClN4/c16-11-6-7-13-12(8-11)15(10-4-2-1-3-5-10)18-9-14(19-13)20-17/h1-9,18,20H,17H2. The van der Waals surface area contributed by atoms with Gasteiger partial charge in [0.15, 0.2) is 5.82 Å². The van der Waals surface area contributed by atoms with Gasteiger partial charge in [-0.1, -0.05) is 41.9 Å². The van der Waals surface area contributed by atoms with Gasteiger partial charge in [0.1, 0.15) is 0 Å². The highest BCUT2D eigenvalue weighted by molar-refractivity contribution is 6.30. The molecule has 1 aliphatic rings. The molecular weight excluding hydrogens is 272 g/mol. The molecule has 0 amide bonds. The quantitative estimate of drug-likeness (QED) is 0.569. The molecule has 4 nitrogen and oxygen atoms in total. The number of hydrazine groups is 1. The van der Waals surface area contributed by atoms with E-state index in [1.54, 1.807) is 6.20 Å². The molecule has 2 aromatic carbocycles. The Morgan fingerprint density at radius 2 is 1.90 bits per heavy atom. The maximum absolute atomic E-state index is 6.11. The third-order valence-electron chi connectivity index (χ3n) is 3.03. The summed E-state index contributed by atoms with van der Waals surface area (Å²) in [5.41, 5.74) is 4.56. The summed E-state index contributed by atoms with van der Waals surface area (Å²) >= 11 is 6.11. The normalized spacial score (nSPS) is 13.5. The van der Waals surface area contributed by atoms with Gasteiger partial charge in [-0.3, -0.25) is 0 Å². The van der Waals surface area contributed by atoms with E-state index >= 15 is 0 Å². The lowest BCUT2D eigenvalue weighted by atomic mass is 10.1. The number of nitrogens with two attached hydrogens (primary N) is 1. The highest BCUT2D eigenvalue weighted by atomic mass is 35.5. The molecule has 0 spiro atoms. The Labute approximate surface area is 121 Å². The molecule has 0 saturated carbocycles. The van der Waals surface area contributed by atoms with Gasteiger partial charge in [0, 0.05) is 16.4 Å². The van der Waals surface area contributed by atoms with Crippen LogP contribution in [-0.4, -0.2) is 0 Å². The Kier molecular flexibility index (Phi) is 3.41. The van der Waals surface area contributed by atoms with E-state index in [1.807, 2.05) is 48.5 Å². The average Bonchev–Trinajstić information content (AvgIpc) is 2.67. The minimum Gasteiger partial charge on any atom is -0.357 e. The van der Waals surface area contributed by atoms with Gasteiger partial charge >= 0.3 is 0 Å². The SMILES string of the molecule is NNC1=CNC(c2ccccc2)=c2cc(Cl)ccc2=N1. The maximum atomic E-state index is 6.11. The van der Waals surface area contributed by atoms with Crippen LogP contribution in [0.2, 0.25) is 5.02 Å². The first kappa shape index (κ1) is 12.7. The molecule has 0 radical (unpaired) electrons. The number of benzene rings is 2. The molecule has 0 bridgehead atoms. The highest BCUT2D eigenvalue weighted by Gasteiger charge is 2.07. The van der Waals surface area contributed by atoms with Gasteiger partial charge < -0.3 is 10.7 Å². The van der Waals surface area contributed by atoms with Crippen molar-refractivity contribution in [3.05, 3.63) is 81.7 Å². The van der Waals surface area contributed by atoms with Crippen molar-refractivity contribution in [2.45, 2.75) is 0 Å². The third-order valence-corrected chi connectivity index (χ3v) is 3.27. The van der Waals surface area contributed by atoms with Crippen LogP contribution in [0.1, 0.15) is 5.56 Å². The van der Waals surface area contributed by atoms with Crippen LogP contribution in [0.4, 0.5) is 0 Å². The Morgan fingerprint density at radius 3 is 2.65 bits per heavy atom. The molecular formula is C15H13ClN4. The first-order valence-corrected chi connectivity index (χ1v) is 6.53. The zero-order valence-corrected chi connectivity index (χ0v) is 11.4. The van der Waals surface area contributed by atoms with Gasteiger partial charge in [-0.25, -0.2) is 10.8 Å². The first-order valence-electron chi connectivity index (χ1n) is 6.15. The van der Waals surface area contributed by atoms with Crippen molar-refractivity contribution in [1.29, 1.82) is 0 Å². The Hall–Kier alpha value is -2.30.